The predicted octanol–water partition coefficient (Wildman–Crippen LogP) is -0.309. The first kappa shape index (κ1) is 15.3. The molecule has 0 aliphatic heterocycles. The lowest BCUT2D eigenvalue weighted by Gasteiger charge is -2.19. The van der Waals surface area contributed by atoms with Gasteiger partial charge in [-0.15, -0.1) is 0 Å². The van der Waals surface area contributed by atoms with Crippen LogP contribution in [-0.2, 0) is 24.1 Å². The van der Waals surface area contributed by atoms with Crippen molar-refractivity contribution in [3.8, 4) is 0 Å². The fraction of sp³-hybridized carbons (Fsp3) is 0.875. The number of ether oxygens (including phenoxy) is 1. The van der Waals surface area contributed by atoms with Crippen molar-refractivity contribution in [3.05, 3.63) is 0 Å². The van der Waals surface area contributed by atoms with Crippen molar-refractivity contribution >= 4 is 16.4 Å². The van der Waals surface area contributed by atoms with E-state index in [1.165, 1.54) is 6.92 Å². The summed E-state index contributed by atoms with van der Waals surface area (Å²) in [4.78, 5) is 12.3. The van der Waals surface area contributed by atoms with Gasteiger partial charge in [0.05, 0.1) is 6.61 Å². The average molecular weight is 255 g/mol. The van der Waals surface area contributed by atoms with Gasteiger partial charge >= 0.3 is 16.4 Å². The topological polar surface area (TPSA) is 93.1 Å². The van der Waals surface area contributed by atoms with Gasteiger partial charge in [0.25, 0.3) is 0 Å². The van der Waals surface area contributed by atoms with E-state index in [1.54, 1.807) is 0 Å². The lowest BCUT2D eigenvalue weighted by atomic mass is 10.5. The van der Waals surface area contributed by atoms with E-state index < -0.39 is 10.4 Å². The lowest BCUT2D eigenvalue weighted by Crippen LogP contribution is -2.31. The Morgan fingerprint density at radius 1 is 1.31 bits per heavy atom. The molecule has 0 spiro atoms. The van der Waals surface area contributed by atoms with Gasteiger partial charge in [0.2, 0.25) is 0 Å². The van der Waals surface area contributed by atoms with Crippen LogP contribution in [0, 0.1) is 0 Å². The highest BCUT2D eigenvalue weighted by Gasteiger charge is 2.07. The number of esters is 1. The maximum Gasteiger partial charge on any atom is 0.397 e. The maximum atomic E-state index is 10.5. The van der Waals surface area contributed by atoms with Crippen molar-refractivity contribution in [2.45, 2.75) is 13.8 Å². The largest absolute Gasteiger partial charge is 0.465 e. The van der Waals surface area contributed by atoms with Crippen LogP contribution in [0.15, 0.2) is 0 Å². The van der Waals surface area contributed by atoms with E-state index in [0.717, 1.165) is 0 Å². The number of carbonyl (C=O) groups excluding carboxylic acids is 1. The standard InChI is InChI=1S/C8H17NO6S/c1-3-9(4-6-14-8(2)10)5-7-15-16(11,12)13/h3-7H2,1-2H3,(H,11,12,13). The van der Waals surface area contributed by atoms with Crippen LogP contribution >= 0.6 is 0 Å². The number of carbonyl (C=O) groups is 1. The van der Waals surface area contributed by atoms with Crippen molar-refractivity contribution in [2.24, 2.45) is 0 Å². The molecule has 0 atom stereocenters. The molecule has 0 heterocycles. The Balaban J connectivity index is 3.71. The smallest absolute Gasteiger partial charge is 0.397 e. The third-order valence-electron chi connectivity index (χ3n) is 1.80. The molecule has 96 valence electrons. The average Bonchev–Trinajstić information content (AvgIpc) is 2.13. The van der Waals surface area contributed by atoms with Crippen LogP contribution in [0.2, 0.25) is 0 Å². The molecule has 0 saturated carbocycles. The Morgan fingerprint density at radius 2 is 1.88 bits per heavy atom. The summed E-state index contributed by atoms with van der Waals surface area (Å²) in [5.74, 6) is -0.356. The summed E-state index contributed by atoms with van der Waals surface area (Å²) in [7, 11) is -4.37. The number of likely N-dealkylation sites (N-methyl/N-ethyl adjacent to an activating group) is 1. The van der Waals surface area contributed by atoms with E-state index in [4.69, 9.17) is 9.29 Å². The van der Waals surface area contributed by atoms with Crippen molar-refractivity contribution < 1.29 is 26.7 Å². The monoisotopic (exact) mass is 255 g/mol. The summed E-state index contributed by atoms with van der Waals surface area (Å²) in [6, 6.07) is 0. The molecule has 1 N–H and O–H groups in total. The van der Waals surface area contributed by atoms with Crippen LogP contribution in [0.5, 0.6) is 0 Å². The zero-order valence-electron chi connectivity index (χ0n) is 9.38. The second-order valence-corrected chi connectivity index (χ2v) is 4.12. The molecule has 0 saturated heterocycles. The molecule has 0 aromatic rings. The minimum absolute atomic E-state index is 0.132. The molecule has 8 heteroatoms. The van der Waals surface area contributed by atoms with Gasteiger partial charge in [-0.25, -0.2) is 4.18 Å². The Hall–Kier alpha value is -0.700. The normalized spacial score (nSPS) is 11.8. The molecular weight excluding hydrogens is 238 g/mol. The van der Waals surface area contributed by atoms with Crippen molar-refractivity contribution in [1.82, 2.24) is 4.90 Å². The molecule has 0 rings (SSSR count). The van der Waals surface area contributed by atoms with Gasteiger partial charge in [0.1, 0.15) is 6.61 Å². The van der Waals surface area contributed by atoms with Crippen LogP contribution in [-0.4, -0.2) is 56.7 Å². The van der Waals surface area contributed by atoms with E-state index in [2.05, 4.69) is 4.18 Å². The molecular formula is C8H17NO6S. The predicted molar refractivity (Wildman–Crippen MR) is 56.2 cm³/mol. The highest BCUT2D eigenvalue weighted by molar-refractivity contribution is 7.80. The molecule has 0 amide bonds. The number of hydrogen-bond acceptors (Lipinski definition) is 6. The number of hydrogen-bond donors (Lipinski definition) is 1. The van der Waals surface area contributed by atoms with Gasteiger partial charge in [-0.2, -0.15) is 8.42 Å². The Labute approximate surface area is 95.3 Å². The summed E-state index contributed by atoms with van der Waals surface area (Å²) in [5.41, 5.74) is 0. The van der Waals surface area contributed by atoms with Gasteiger partial charge in [-0.1, -0.05) is 6.92 Å². The van der Waals surface area contributed by atoms with Crippen molar-refractivity contribution in [1.29, 1.82) is 0 Å². The van der Waals surface area contributed by atoms with Crippen molar-refractivity contribution in [2.75, 3.05) is 32.8 Å². The van der Waals surface area contributed by atoms with Crippen LogP contribution in [0.4, 0.5) is 0 Å². The molecule has 0 fully saturated rings. The quantitative estimate of drug-likeness (QED) is 0.469. The van der Waals surface area contributed by atoms with E-state index >= 15 is 0 Å². The van der Waals surface area contributed by atoms with Gasteiger partial charge in [0, 0.05) is 20.0 Å². The van der Waals surface area contributed by atoms with Crippen molar-refractivity contribution in [3.63, 3.8) is 0 Å². The summed E-state index contributed by atoms with van der Waals surface area (Å²) in [6.45, 7) is 4.79. The molecule has 16 heavy (non-hydrogen) atoms. The molecule has 0 aliphatic carbocycles. The van der Waals surface area contributed by atoms with Crippen LogP contribution in [0.3, 0.4) is 0 Å². The first-order chi connectivity index (χ1) is 7.35. The fourth-order valence-electron chi connectivity index (χ4n) is 1.02. The summed E-state index contributed by atoms with van der Waals surface area (Å²) >= 11 is 0. The van der Waals surface area contributed by atoms with E-state index in [9.17, 15) is 13.2 Å². The van der Waals surface area contributed by atoms with E-state index in [0.29, 0.717) is 19.6 Å². The second kappa shape index (κ2) is 7.55. The van der Waals surface area contributed by atoms with Crippen LogP contribution < -0.4 is 0 Å². The molecule has 7 nitrogen and oxygen atoms in total. The SMILES string of the molecule is CCN(CCOC(C)=O)CCOS(=O)(=O)O. The minimum Gasteiger partial charge on any atom is -0.465 e. The zero-order chi connectivity index (χ0) is 12.6. The van der Waals surface area contributed by atoms with Gasteiger partial charge in [0.15, 0.2) is 0 Å². The third-order valence-corrected chi connectivity index (χ3v) is 2.26. The summed E-state index contributed by atoms with van der Waals surface area (Å²) < 4.78 is 37.7. The van der Waals surface area contributed by atoms with E-state index in [1.807, 2.05) is 11.8 Å². The Kier molecular flexibility index (Phi) is 7.22. The molecule has 0 radical (unpaired) electrons. The molecule has 0 aromatic heterocycles. The van der Waals surface area contributed by atoms with Gasteiger partial charge in [-0.05, 0) is 6.54 Å². The van der Waals surface area contributed by atoms with Gasteiger partial charge < -0.3 is 4.74 Å². The first-order valence-electron chi connectivity index (χ1n) is 4.82. The maximum absolute atomic E-state index is 10.5. The highest BCUT2D eigenvalue weighted by Crippen LogP contribution is 1.92. The highest BCUT2D eigenvalue weighted by atomic mass is 32.3. The molecule has 0 unspecified atom stereocenters. The van der Waals surface area contributed by atoms with Gasteiger partial charge in [-0.3, -0.25) is 14.2 Å². The fourth-order valence-corrected chi connectivity index (χ4v) is 1.30. The summed E-state index contributed by atoms with van der Waals surface area (Å²) in [5, 5.41) is 0. The summed E-state index contributed by atoms with van der Waals surface area (Å²) in [6.07, 6.45) is 0. The minimum atomic E-state index is -4.37. The second-order valence-electron chi connectivity index (χ2n) is 3.02. The third kappa shape index (κ3) is 9.84. The first-order valence-corrected chi connectivity index (χ1v) is 6.19. The number of rotatable bonds is 8. The zero-order valence-corrected chi connectivity index (χ0v) is 10.2. The molecule has 0 bridgehead atoms. The Bertz CT molecular complexity index is 302. The molecule has 0 aliphatic rings. The lowest BCUT2D eigenvalue weighted by molar-refractivity contribution is -0.141. The molecule has 0 aromatic carbocycles. The van der Waals surface area contributed by atoms with Crippen LogP contribution in [0.25, 0.3) is 0 Å². The number of nitrogens with zero attached hydrogens (tertiary/aromatic N) is 1. The van der Waals surface area contributed by atoms with E-state index in [-0.39, 0.29) is 19.2 Å². The van der Waals surface area contributed by atoms with Crippen LogP contribution in [0.1, 0.15) is 13.8 Å². The Morgan fingerprint density at radius 3 is 2.31 bits per heavy atom.